The first-order valence-corrected chi connectivity index (χ1v) is 12.1. The smallest absolute Gasteiger partial charge is 0.341 e. The van der Waals surface area contributed by atoms with E-state index in [2.05, 4.69) is 12.2 Å². The van der Waals surface area contributed by atoms with Gasteiger partial charge in [-0.25, -0.2) is 4.79 Å². The second-order valence-corrected chi connectivity index (χ2v) is 9.17. The Morgan fingerprint density at radius 1 is 1.10 bits per heavy atom. The SMILES string of the molecule is CCCCC1CCC(C(=O)Nc2scc(-c3ccc(C)cc3)c2C(=O)OCC)CC1. The third-order valence-corrected chi connectivity index (χ3v) is 6.95. The molecule has 2 aromatic rings. The molecule has 0 aliphatic heterocycles. The molecule has 1 aromatic heterocycles. The van der Waals surface area contributed by atoms with Crippen molar-refractivity contribution in [2.45, 2.75) is 65.7 Å². The van der Waals surface area contributed by atoms with Gasteiger partial charge in [0.05, 0.1) is 6.61 Å². The summed E-state index contributed by atoms with van der Waals surface area (Å²) in [5.74, 6) is 0.446. The number of hydrogen-bond acceptors (Lipinski definition) is 4. The van der Waals surface area contributed by atoms with E-state index in [1.54, 1.807) is 6.92 Å². The summed E-state index contributed by atoms with van der Waals surface area (Å²) in [4.78, 5) is 25.7. The molecule has 0 saturated heterocycles. The molecule has 0 atom stereocenters. The minimum atomic E-state index is -0.382. The van der Waals surface area contributed by atoms with E-state index in [0.717, 1.165) is 48.3 Å². The van der Waals surface area contributed by atoms with Crippen molar-refractivity contribution in [3.8, 4) is 11.1 Å². The fourth-order valence-corrected chi connectivity index (χ4v) is 5.18. The third-order valence-electron chi connectivity index (χ3n) is 6.05. The molecular formula is C25H33NO3S. The highest BCUT2D eigenvalue weighted by Gasteiger charge is 2.28. The fourth-order valence-electron chi connectivity index (χ4n) is 4.22. The standard InChI is InChI=1S/C25H33NO3S/c1-4-6-7-18-10-14-20(15-11-18)23(27)26-24-22(25(28)29-5-2)21(16-30-24)19-12-8-17(3)9-13-19/h8-9,12-13,16,18,20H,4-7,10-11,14-15H2,1-3H3,(H,26,27). The average Bonchev–Trinajstić information content (AvgIpc) is 3.16. The lowest BCUT2D eigenvalue weighted by molar-refractivity contribution is -0.121. The first-order chi connectivity index (χ1) is 14.5. The predicted octanol–water partition coefficient (Wildman–Crippen LogP) is 6.84. The summed E-state index contributed by atoms with van der Waals surface area (Å²) in [7, 11) is 0. The number of carbonyl (C=O) groups is 2. The topological polar surface area (TPSA) is 55.4 Å². The predicted molar refractivity (Wildman–Crippen MR) is 124 cm³/mol. The molecule has 1 aliphatic rings. The lowest BCUT2D eigenvalue weighted by atomic mass is 9.79. The quantitative estimate of drug-likeness (QED) is 0.469. The summed E-state index contributed by atoms with van der Waals surface area (Å²) in [6.45, 7) is 6.36. The number of amides is 1. The molecule has 0 radical (unpaired) electrons. The second-order valence-electron chi connectivity index (χ2n) is 8.29. The Morgan fingerprint density at radius 2 is 1.80 bits per heavy atom. The van der Waals surface area contributed by atoms with Crippen molar-refractivity contribution < 1.29 is 14.3 Å². The molecule has 30 heavy (non-hydrogen) atoms. The van der Waals surface area contributed by atoms with Crippen LogP contribution in [0.2, 0.25) is 0 Å². The van der Waals surface area contributed by atoms with Crippen molar-refractivity contribution in [1.82, 2.24) is 0 Å². The van der Waals surface area contributed by atoms with Crippen molar-refractivity contribution >= 4 is 28.2 Å². The summed E-state index contributed by atoms with van der Waals surface area (Å²) >= 11 is 1.40. The number of anilines is 1. The van der Waals surface area contributed by atoms with Crippen LogP contribution in [0.15, 0.2) is 29.6 Å². The number of thiophene rings is 1. The molecule has 0 bridgehead atoms. The molecule has 3 rings (SSSR count). The van der Waals surface area contributed by atoms with Gasteiger partial charge in [-0.2, -0.15) is 0 Å². The number of carbonyl (C=O) groups excluding carboxylic acids is 2. The molecule has 1 fully saturated rings. The van der Waals surface area contributed by atoms with E-state index in [0.29, 0.717) is 17.2 Å². The highest BCUT2D eigenvalue weighted by Crippen LogP contribution is 2.38. The molecule has 5 heteroatoms. The highest BCUT2D eigenvalue weighted by molar-refractivity contribution is 7.15. The number of unbranched alkanes of at least 4 members (excludes halogenated alkanes) is 1. The van der Waals surface area contributed by atoms with E-state index in [-0.39, 0.29) is 17.8 Å². The Labute approximate surface area is 184 Å². The molecule has 0 spiro atoms. The van der Waals surface area contributed by atoms with Crippen LogP contribution in [0.1, 0.15) is 74.7 Å². The van der Waals surface area contributed by atoms with E-state index in [4.69, 9.17) is 4.74 Å². The van der Waals surface area contributed by atoms with Crippen molar-refractivity contribution in [2.24, 2.45) is 11.8 Å². The van der Waals surface area contributed by atoms with Gasteiger partial charge >= 0.3 is 5.97 Å². The van der Waals surface area contributed by atoms with E-state index in [1.165, 1.54) is 30.6 Å². The van der Waals surface area contributed by atoms with Crippen LogP contribution in [0.25, 0.3) is 11.1 Å². The average molecular weight is 428 g/mol. The van der Waals surface area contributed by atoms with E-state index >= 15 is 0 Å². The number of benzene rings is 1. The lowest BCUT2D eigenvalue weighted by Crippen LogP contribution is -2.27. The maximum Gasteiger partial charge on any atom is 0.341 e. The van der Waals surface area contributed by atoms with Gasteiger partial charge in [0.25, 0.3) is 0 Å². The molecule has 1 amide bonds. The first kappa shape index (κ1) is 22.5. The number of ether oxygens (including phenoxy) is 1. The maximum absolute atomic E-state index is 13.0. The molecule has 4 nitrogen and oxygen atoms in total. The number of esters is 1. The Kier molecular flexibility index (Phi) is 8.08. The van der Waals surface area contributed by atoms with Crippen LogP contribution in [-0.2, 0) is 9.53 Å². The van der Waals surface area contributed by atoms with Crippen LogP contribution in [0.4, 0.5) is 5.00 Å². The van der Waals surface area contributed by atoms with Gasteiger partial charge in [0.1, 0.15) is 10.6 Å². The largest absolute Gasteiger partial charge is 0.462 e. The molecule has 162 valence electrons. The molecule has 1 saturated carbocycles. The Bertz CT molecular complexity index is 848. The number of hydrogen-bond donors (Lipinski definition) is 1. The zero-order valence-corrected chi connectivity index (χ0v) is 19.1. The molecule has 1 aromatic carbocycles. The zero-order valence-electron chi connectivity index (χ0n) is 18.3. The van der Waals surface area contributed by atoms with Crippen LogP contribution >= 0.6 is 11.3 Å². The minimum Gasteiger partial charge on any atom is -0.462 e. The fraction of sp³-hybridized carbons (Fsp3) is 0.520. The highest BCUT2D eigenvalue weighted by atomic mass is 32.1. The third kappa shape index (κ3) is 5.51. The van der Waals surface area contributed by atoms with Crippen LogP contribution in [0.3, 0.4) is 0 Å². The maximum atomic E-state index is 13.0. The monoisotopic (exact) mass is 427 g/mol. The van der Waals surface area contributed by atoms with Gasteiger partial charge in [-0.1, -0.05) is 56.0 Å². The summed E-state index contributed by atoms with van der Waals surface area (Å²) in [5.41, 5.74) is 3.40. The Hall–Kier alpha value is -2.14. The van der Waals surface area contributed by atoms with Crippen molar-refractivity contribution in [3.05, 3.63) is 40.8 Å². The normalized spacial score (nSPS) is 18.8. The lowest BCUT2D eigenvalue weighted by Gasteiger charge is -2.27. The van der Waals surface area contributed by atoms with E-state index in [1.807, 2.05) is 36.6 Å². The van der Waals surface area contributed by atoms with Gasteiger partial charge in [0.15, 0.2) is 0 Å². The molecule has 1 N–H and O–H groups in total. The summed E-state index contributed by atoms with van der Waals surface area (Å²) in [6, 6.07) is 8.06. The van der Waals surface area contributed by atoms with E-state index in [9.17, 15) is 9.59 Å². The second kappa shape index (κ2) is 10.8. The van der Waals surface area contributed by atoms with Gasteiger partial charge in [0, 0.05) is 16.9 Å². The molecule has 0 unspecified atom stereocenters. The number of nitrogens with one attached hydrogen (secondary N) is 1. The van der Waals surface area contributed by atoms with Gasteiger partial charge in [0.2, 0.25) is 5.91 Å². The van der Waals surface area contributed by atoms with Crippen molar-refractivity contribution in [3.63, 3.8) is 0 Å². The van der Waals surface area contributed by atoms with Gasteiger partial charge in [-0.3, -0.25) is 4.79 Å². The van der Waals surface area contributed by atoms with Gasteiger partial charge in [-0.15, -0.1) is 11.3 Å². The zero-order chi connectivity index (χ0) is 21.5. The van der Waals surface area contributed by atoms with Gasteiger partial charge in [-0.05, 0) is 51.0 Å². The molecular weight excluding hydrogens is 394 g/mol. The van der Waals surface area contributed by atoms with Crippen LogP contribution in [-0.4, -0.2) is 18.5 Å². The summed E-state index contributed by atoms with van der Waals surface area (Å²) < 4.78 is 5.31. The number of aryl methyl sites for hydroxylation is 1. The van der Waals surface area contributed by atoms with Crippen molar-refractivity contribution in [1.29, 1.82) is 0 Å². The van der Waals surface area contributed by atoms with E-state index < -0.39 is 0 Å². The summed E-state index contributed by atoms with van der Waals surface area (Å²) in [5, 5.41) is 5.60. The van der Waals surface area contributed by atoms with Crippen LogP contribution in [0, 0.1) is 18.8 Å². The van der Waals surface area contributed by atoms with Gasteiger partial charge < -0.3 is 10.1 Å². The minimum absolute atomic E-state index is 0.0304. The summed E-state index contributed by atoms with van der Waals surface area (Å²) in [6.07, 6.45) is 7.92. The molecule has 1 heterocycles. The Balaban J connectivity index is 1.74. The van der Waals surface area contributed by atoms with Crippen molar-refractivity contribution in [2.75, 3.05) is 11.9 Å². The van der Waals surface area contributed by atoms with Crippen LogP contribution < -0.4 is 5.32 Å². The number of rotatable bonds is 8. The first-order valence-electron chi connectivity index (χ1n) is 11.2. The van der Waals surface area contributed by atoms with Crippen LogP contribution in [0.5, 0.6) is 0 Å². The molecule has 1 aliphatic carbocycles. The Morgan fingerprint density at radius 3 is 2.43 bits per heavy atom.